The summed E-state index contributed by atoms with van der Waals surface area (Å²) in [6, 6.07) is 31.9. The molecule has 7 rings (SSSR count). The molecule has 0 N–H and O–H groups in total. The Balaban J connectivity index is 1.60. The molecule has 4 aromatic carbocycles. The van der Waals surface area contributed by atoms with E-state index in [9.17, 15) is 0 Å². The van der Waals surface area contributed by atoms with E-state index in [0.717, 1.165) is 0 Å². The second kappa shape index (κ2) is 4.90. The van der Waals surface area contributed by atoms with Crippen LogP contribution in [0.25, 0.3) is 21.9 Å². The van der Waals surface area contributed by atoms with Crippen LogP contribution in [0.15, 0.2) is 84.9 Å². The van der Waals surface area contributed by atoms with Crippen molar-refractivity contribution in [3.05, 3.63) is 107 Å². The summed E-state index contributed by atoms with van der Waals surface area (Å²) in [5, 5.41) is 2.83. The number of hydrogen-bond donors (Lipinski definition) is 0. The van der Waals surface area contributed by atoms with Crippen LogP contribution in [0, 0.1) is 5.92 Å². The van der Waals surface area contributed by atoms with Crippen molar-refractivity contribution in [2.24, 2.45) is 5.92 Å². The third-order valence-corrected chi connectivity index (χ3v) is 9.40. The van der Waals surface area contributed by atoms with Gasteiger partial charge in [-0.3, -0.25) is 0 Å². The fourth-order valence-corrected chi connectivity index (χ4v) is 8.40. The van der Waals surface area contributed by atoms with Crippen LogP contribution in [0.3, 0.4) is 0 Å². The highest BCUT2D eigenvalue weighted by atomic mass is 32.2. The molecule has 0 bridgehead atoms. The third kappa shape index (κ3) is 1.52. The Morgan fingerprint density at radius 1 is 0.750 bits per heavy atom. The van der Waals surface area contributed by atoms with Gasteiger partial charge in [0.1, 0.15) is 0 Å². The van der Waals surface area contributed by atoms with Crippen LogP contribution >= 0.6 is 11.8 Å². The average molecular weight is 377 g/mol. The van der Waals surface area contributed by atoms with E-state index >= 15 is 0 Å². The summed E-state index contributed by atoms with van der Waals surface area (Å²) in [6.07, 6.45) is 1.18. The Kier molecular flexibility index (Phi) is 2.70. The van der Waals surface area contributed by atoms with Crippen LogP contribution in [0.1, 0.15) is 29.2 Å². The second-order valence-corrected chi connectivity index (χ2v) is 10.00. The highest BCUT2D eigenvalue weighted by molar-refractivity contribution is 8.09. The first-order valence-corrected chi connectivity index (χ1v) is 11.0. The Morgan fingerprint density at radius 2 is 1.39 bits per heavy atom. The van der Waals surface area contributed by atoms with Gasteiger partial charge < -0.3 is 0 Å². The van der Waals surface area contributed by atoms with Gasteiger partial charge in [-0.25, -0.2) is 0 Å². The maximum absolute atomic E-state index is 2.47. The summed E-state index contributed by atoms with van der Waals surface area (Å²) in [5.41, 5.74) is 9.07. The molecule has 0 amide bonds. The van der Waals surface area contributed by atoms with Crippen molar-refractivity contribution in [2.45, 2.75) is 22.8 Å². The zero-order chi connectivity index (χ0) is 18.5. The van der Waals surface area contributed by atoms with Crippen molar-refractivity contribution in [3.8, 4) is 11.1 Å². The summed E-state index contributed by atoms with van der Waals surface area (Å²) in [7, 11) is 0. The predicted molar refractivity (Wildman–Crippen MR) is 119 cm³/mol. The summed E-state index contributed by atoms with van der Waals surface area (Å²) in [5.74, 6) is 0.623. The number of fused-ring (bicyclic) bond motifs is 10. The monoisotopic (exact) mass is 376 g/mol. The SMILES string of the molecule is CC1Cc2ccc3ccccc3c2C12SC21c2ccccc2-c2ccccc21. The molecule has 1 heteroatoms. The van der Waals surface area contributed by atoms with Crippen molar-refractivity contribution in [1.82, 2.24) is 0 Å². The van der Waals surface area contributed by atoms with E-state index in [0.29, 0.717) is 5.92 Å². The Hall–Kier alpha value is -2.51. The molecular weight excluding hydrogens is 356 g/mol. The summed E-state index contributed by atoms with van der Waals surface area (Å²) in [4.78, 5) is 0. The van der Waals surface area contributed by atoms with Gasteiger partial charge in [-0.05, 0) is 56.5 Å². The van der Waals surface area contributed by atoms with E-state index in [1.807, 2.05) is 0 Å². The van der Waals surface area contributed by atoms with Gasteiger partial charge in [-0.15, -0.1) is 11.8 Å². The summed E-state index contributed by atoms with van der Waals surface area (Å²) >= 11 is 2.21. The van der Waals surface area contributed by atoms with Crippen LogP contribution in [-0.4, -0.2) is 0 Å². The van der Waals surface area contributed by atoms with Crippen molar-refractivity contribution in [2.75, 3.05) is 0 Å². The van der Waals surface area contributed by atoms with Gasteiger partial charge in [-0.2, -0.15) is 0 Å². The number of thioether (sulfide) groups is 1. The average Bonchev–Trinajstić information content (AvgIpc) is 3.25. The number of benzene rings is 4. The molecule has 0 radical (unpaired) electrons. The van der Waals surface area contributed by atoms with Crippen LogP contribution in [0.2, 0.25) is 0 Å². The second-order valence-electron chi connectivity index (χ2n) is 8.54. The van der Waals surface area contributed by atoms with Crippen molar-refractivity contribution < 1.29 is 0 Å². The molecule has 2 atom stereocenters. The molecule has 4 aromatic rings. The van der Waals surface area contributed by atoms with Crippen molar-refractivity contribution >= 4 is 22.5 Å². The molecule has 2 aliphatic carbocycles. The van der Waals surface area contributed by atoms with E-state index < -0.39 is 0 Å². The van der Waals surface area contributed by atoms with E-state index in [2.05, 4.69) is 104 Å². The molecule has 3 aliphatic rings. The van der Waals surface area contributed by atoms with Crippen molar-refractivity contribution in [1.29, 1.82) is 0 Å². The summed E-state index contributed by atoms with van der Waals surface area (Å²) in [6.45, 7) is 2.47. The third-order valence-electron chi connectivity index (χ3n) is 7.31. The molecule has 2 spiro atoms. The Bertz CT molecular complexity index is 1260. The zero-order valence-electron chi connectivity index (χ0n) is 15.8. The molecule has 0 aromatic heterocycles. The minimum absolute atomic E-state index is 0.0645. The van der Waals surface area contributed by atoms with Crippen LogP contribution in [0.4, 0.5) is 0 Å². The smallest absolute Gasteiger partial charge is 0.0869 e. The first-order valence-electron chi connectivity index (χ1n) is 10.2. The van der Waals surface area contributed by atoms with E-state index in [1.165, 1.54) is 39.4 Å². The quantitative estimate of drug-likeness (QED) is 0.301. The van der Waals surface area contributed by atoms with Gasteiger partial charge in [0.05, 0.1) is 9.49 Å². The minimum atomic E-state index is 0.0645. The highest BCUT2D eigenvalue weighted by Gasteiger charge is 2.77. The molecule has 0 nitrogen and oxygen atoms in total. The van der Waals surface area contributed by atoms with E-state index in [1.54, 1.807) is 11.1 Å². The van der Waals surface area contributed by atoms with Gasteiger partial charge in [-0.1, -0.05) is 91.9 Å². The topological polar surface area (TPSA) is 0 Å². The van der Waals surface area contributed by atoms with Gasteiger partial charge >= 0.3 is 0 Å². The van der Waals surface area contributed by atoms with Crippen molar-refractivity contribution in [3.63, 3.8) is 0 Å². The fourth-order valence-electron chi connectivity index (χ4n) is 6.24. The first kappa shape index (κ1) is 15.4. The lowest BCUT2D eigenvalue weighted by Gasteiger charge is -2.24. The molecule has 1 fully saturated rings. The number of rotatable bonds is 0. The van der Waals surface area contributed by atoms with Gasteiger partial charge in [0.15, 0.2) is 0 Å². The highest BCUT2D eigenvalue weighted by Crippen LogP contribution is 2.86. The molecule has 0 saturated carbocycles. The van der Waals surface area contributed by atoms with E-state index in [-0.39, 0.29) is 9.49 Å². The van der Waals surface area contributed by atoms with Gasteiger partial charge in [0.25, 0.3) is 0 Å². The lowest BCUT2D eigenvalue weighted by Crippen LogP contribution is -2.25. The lowest BCUT2D eigenvalue weighted by molar-refractivity contribution is 0.457. The van der Waals surface area contributed by atoms with Crippen LogP contribution in [0.5, 0.6) is 0 Å². The Morgan fingerprint density at radius 3 is 2.14 bits per heavy atom. The molecule has 1 aliphatic heterocycles. The van der Waals surface area contributed by atoms with E-state index in [4.69, 9.17) is 0 Å². The molecule has 1 saturated heterocycles. The van der Waals surface area contributed by atoms with Gasteiger partial charge in [0, 0.05) is 0 Å². The minimum Gasteiger partial charge on any atom is -0.129 e. The molecule has 28 heavy (non-hydrogen) atoms. The van der Waals surface area contributed by atoms with Crippen LogP contribution < -0.4 is 0 Å². The lowest BCUT2D eigenvalue weighted by atomic mass is 9.76. The fraction of sp³-hybridized carbons (Fsp3) is 0.185. The molecule has 1 heterocycles. The molecular formula is C27H20S. The normalized spacial score (nSPS) is 25.1. The Labute approximate surface area is 169 Å². The predicted octanol–water partition coefficient (Wildman–Crippen LogP) is 6.90. The molecule has 2 unspecified atom stereocenters. The van der Waals surface area contributed by atoms with Crippen LogP contribution in [-0.2, 0) is 15.9 Å². The molecule has 134 valence electrons. The zero-order valence-corrected chi connectivity index (χ0v) is 16.6. The standard InChI is InChI=1S/C27H20S/c1-17-16-19-15-14-18-8-2-3-9-20(18)25(19)26(17)27(28-26)23-12-6-4-10-21(23)22-11-5-7-13-24(22)27/h2-15,17H,16H2,1H3. The summed E-state index contributed by atoms with van der Waals surface area (Å²) < 4.78 is 0.209. The number of hydrogen-bond acceptors (Lipinski definition) is 1. The first-order chi connectivity index (χ1) is 13.8. The van der Waals surface area contributed by atoms with Gasteiger partial charge in [0.2, 0.25) is 0 Å². The largest absolute Gasteiger partial charge is 0.129 e. The maximum atomic E-state index is 2.47. The maximum Gasteiger partial charge on any atom is 0.0869 e.